The van der Waals surface area contributed by atoms with Gasteiger partial charge in [0.05, 0.1) is 33.8 Å². The molecule has 0 saturated heterocycles. The van der Waals surface area contributed by atoms with Crippen LogP contribution in [0.3, 0.4) is 0 Å². The fourth-order valence-corrected chi connectivity index (χ4v) is 2.26. The number of hydrogen-bond donors (Lipinski definition) is 1. The highest BCUT2D eigenvalue weighted by atomic mass is 16.5. The number of carbonyl (C=O) groups is 2. The van der Waals surface area contributed by atoms with E-state index in [1.165, 1.54) is 14.2 Å². The number of carbonyl (C=O) groups excluding carboxylic acids is 2. The Hall–Kier alpha value is -2.24. The molecule has 0 aliphatic heterocycles. The van der Waals surface area contributed by atoms with Crippen molar-refractivity contribution in [1.82, 2.24) is 5.32 Å². The van der Waals surface area contributed by atoms with Crippen molar-refractivity contribution in [1.29, 1.82) is 0 Å². The molecule has 1 unspecified atom stereocenters. The third kappa shape index (κ3) is 6.10. The summed E-state index contributed by atoms with van der Waals surface area (Å²) >= 11 is 0. The molecular formula is C18H27NO5. The normalized spacial score (nSPS) is 11.8. The number of nitrogens with one attached hydrogen (secondary N) is 1. The van der Waals surface area contributed by atoms with Crippen LogP contribution in [-0.4, -0.2) is 33.2 Å². The topological polar surface area (TPSA) is 73.9 Å². The number of hydrogen-bond acceptors (Lipinski definition) is 5. The molecule has 0 saturated carbocycles. The van der Waals surface area contributed by atoms with Gasteiger partial charge in [0, 0.05) is 6.42 Å². The number of benzene rings is 1. The lowest BCUT2D eigenvalue weighted by atomic mass is 10.0. The van der Waals surface area contributed by atoms with Crippen LogP contribution in [0.2, 0.25) is 0 Å². The van der Waals surface area contributed by atoms with Gasteiger partial charge in [0.25, 0.3) is 0 Å². The van der Waals surface area contributed by atoms with E-state index in [1.807, 2.05) is 0 Å². The molecule has 6 nitrogen and oxygen atoms in total. The van der Waals surface area contributed by atoms with Gasteiger partial charge in [-0.25, -0.2) is 0 Å². The molecule has 24 heavy (non-hydrogen) atoms. The first-order chi connectivity index (χ1) is 11.4. The molecular weight excluding hydrogens is 310 g/mol. The van der Waals surface area contributed by atoms with Gasteiger partial charge in [-0.05, 0) is 30.0 Å². The molecule has 0 radical (unpaired) electrons. The molecule has 1 rings (SSSR count). The smallest absolute Gasteiger partial charge is 0.307 e. The number of amides is 1. The fraction of sp³-hybridized carbons (Fsp3) is 0.556. The van der Waals surface area contributed by atoms with Crippen molar-refractivity contribution in [3.05, 3.63) is 23.8 Å². The highest BCUT2D eigenvalue weighted by Crippen LogP contribution is 2.31. The minimum Gasteiger partial charge on any atom is -0.493 e. The first-order valence-corrected chi connectivity index (χ1v) is 7.99. The monoisotopic (exact) mass is 337 g/mol. The van der Waals surface area contributed by atoms with Gasteiger partial charge in [0.1, 0.15) is 0 Å². The molecule has 0 bridgehead atoms. The first-order valence-electron chi connectivity index (χ1n) is 7.99. The lowest BCUT2D eigenvalue weighted by Gasteiger charge is -2.20. The van der Waals surface area contributed by atoms with Gasteiger partial charge in [0.15, 0.2) is 11.5 Å². The van der Waals surface area contributed by atoms with Gasteiger partial charge in [-0.15, -0.1) is 0 Å². The highest BCUT2D eigenvalue weighted by Gasteiger charge is 2.20. The SMILES string of the molecule is COC(=O)CC(NC(=O)CCC(C)C)c1ccc(OC)c(OC)c1. The third-order valence-corrected chi connectivity index (χ3v) is 3.69. The molecule has 1 N–H and O–H groups in total. The van der Waals surface area contributed by atoms with E-state index in [0.717, 1.165) is 12.0 Å². The molecule has 0 aliphatic rings. The van der Waals surface area contributed by atoms with Crippen LogP contribution in [0.1, 0.15) is 44.7 Å². The molecule has 1 aromatic carbocycles. The van der Waals surface area contributed by atoms with Crippen LogP contribution in [0.4, 0.5) is 0 Å². The molecule has 0 aliphatic carbocycles. The number of ether oxygens (including phenoxy) is 3. The molecule has 134 valence electrons. The van der Waals surface area contributed by atoms with E-state index in [9.17, 15) is 9.59 Å². The van der Waals surface area contributed by atoms with E-state index in [-0.39, 0.29) is 18.3 Å². The van der Waals surface area contributed by atoms with Crippen molar-refractivity contribution in [3.63, 3.8) is 0 Å². The van der Waals surface area contributed by atoms with E-state index >= 15 is 0 Å². The zero-order valence-electron chi connectivity index (χ0n) is 15.0. The van der Waals surface area contributed by atoms with Crippen LogP contribution in [0.15, 0.2) is 18.2 Å². The Morgan fingerprint density at radius 2 is 1.75 bits per heavy atom. The van der Waals surface area contributed by atoms with Crippen LogP contribution in [-0.2, 0) is 14.3 Å². The lowest BCUT2D eigenvalue weighted by molar-refractivity contribution is -0.141. The van der Waals surface area contributed by atoms with Crippen LogP contribution in [0, 0.1) is 5.92 Å². The van der Waals surface area contributed by atoms with Crippen molar-refractivity contribution in [2.24, 2.45) is 5.92 Å². The van der Waals surface area contributed by atoms with Crippen LogP contribution < -0.4 is 14.8 Å². The minimum atomic E-state index is -0.475. The molecule has 1 aromatic rings. The van der Waals surface area contributed by atoms with Gasteiger partial charge in [-0.3, -0.25) is 9.59 Å². The summed E-state index contributed by atoms with van der Waals surface area (Å²) in [5.74, 6) is 1.09. The predicted octanol–water partition coefficient (Wildman–Crippen LogP) is 2.86. The molecule has 0 aromatic heterocycles. The molecule has 1 amide bonds. The molecule has 0 fully saturated rings. The standard InChI is InChI=1S/C18H27NO5/c1-12(2)6-9-17(20)19-14(11-18(21)24-5)13-7-8-15(22-3)16(10-13)23-4/h7-8,10,12,14H,6,9,11H2,1-5H3,(H,19,20). The van der Waals surface area contributed by atoms with E-state index in [0.29, 0.717) is 23.8 Å². The summed E-state index contributed by atoms with van der Waals surface area (Å²) in [6.07, 6.45) is 1.27. The maximum absolute atomic E-state index is 12.2. The Morgan fingerprint density at radius 1 is 1.08 bits per heavy atom. The lowest BCUT2D eigenvalue weighted by Crippen LogP contribution is -2.30. The van der Waals surface area contributed by atoms with Crippen molar-refractivity contribution in [2.75, 3.05) is 21.3 Å². The maximum Gasteiger partial charge on any atom is 0.307 e. The number of methoxy groups -OCH3 is 3. The van der Waals surface area contributed by atoms with Crippen molar-refractivity contribution in [2.45, 2.75) is 39.2 Å². The van der Waals surface area contributed by atoms with E-state index in [4.69, 9.17) is 14.2 Å². The summed E-state index contributed by atoms with van der Waals surface area (Å²) < 4.78 is 15.2. The third-order valence-electron chi connectivity index (χ3n) is 3.69. The second-order valence-electron chi connectivity index (χ2n) is 5.95. The van der Waals surface area contributed by atoms with Crippen LogP contribution in [0.5, 0.6) is 11.5 Å². The van der Waals surface area contributed by atoms with Crippen LogP contribution >= 0.6 is 0 Å². The summed E-state index contributed by atoms with van der Waals surface area (Å²) in [7, 11) is 4.42. The average Bonchev–Trinajstić information content (AvgIpc) is 2.58. The second-order valence-corrected chi connectivity index (χ2v) is 5.95. The second kappa shape index (κ2) is 9.80. The molecule has 1 atom stereocenters. The Bertz CT molecular complexity index is 556. The maximum atomic E-state index is 12.2. The zero-order chi connectivity index (χ0) is 18.1. The molecule has 0 heterocycles. The molecule has 0 spiro atoms. The number of rotatable bonds is 9. The molecule has 6 heteroatoms. The zero-order valence-corrected chi connectivity index (χ0v) is 15.0. The van der Waals surface area contributed by atoms with Crippen molar-refractivity contribution >= 4 is 11.9 Å². The summed E-state index contributed by atoms with van der Waals surface area (Å²) in [6, 6.07) is 4.84. The first kappa shape index (κ1) is 19.8. The summed E-state index contributed by atoms with van der Waals surface area (Å²) in [5.41, 5.74) is 0.760. The summed E-state index contributed by atoms with van der Waals surface area (Å²) in [4.78, 5) is 23.9. The van der Waals surface area contributed by atoms with Crippen molar-refractivity contribution < 1.29 is 23.8 Å². The Labute approximate surface area is 143 Å². The van der Waals surface area contributed by atoms with Gasteiger partial charge in [-0.1, -0.05) is 19.9 Å². The van der Waals surface area contributed by atoms with Gasteiger partial charge in [0.2, 0.25) is 5.91 Å². The van der Waals surface area contributed by atoms with E-state index in [1.54, 1.807) is 25.3 Å². The predicted molar refractivity (Wildman–Crippen MR) is 91.1 cm³/mol. The largest absolute Gasteiger partial charge is 0.493 e. The van der Waals surface area contributed by atoms with Gasteiger partial charge < -0.3 is 19.5 Å². The van der Waals surface area contributed by atoms with E-state index in [2.05, 4.69) is 19.2 Å². The van der Waals surface area contributed by atoms with Crippen molar-refractivity contribution in [3.8, 4) is 11.5 Å². The summed E-state index contributed by atoms with van der Waals surface area (Å²) in [5, 5.41) is 2.91. The minimum absolute atomic E-state index is 0.0550. The van der Waals surface area contributed by atoms with Gasteiger partial charge >= 0.3 is 5.97 Å². The Morgan fingerprint density at radius 3 is 2.29 bits per heavy atom. The Kier molecular flexibility index (Phi) is 8.09. The highest BCUT2D eigenvalue weighted by molar-refractivity contribution is 5.78. The van der Waals surface area contributed by atoms with Gasteiger partial charge in [-0.2, -0.15) is 0 Å². The van der Waals surface area contributed by atoms with E-state index < -0.39 is 6.04 Å². The summed E-state index contributed by atoms with van der Waals surface area (Å²) in [6.45, 7) is 4.13. The number of esters is 1. The average molecular weight is 337 g/mol. The fourth-order valence-electron chi connectivity index (χ4n) is 2.26. The van der Waals surface area contributed by atoms with Crippen LogP contribution in [0.25, 0.3) is 0 Å². The quantitative estimate of drug-likeness (QED) is 0.701. The Balaban J connectivity index is 2.96.